The van der Waals surface area contributed by atoms with Gasteiger partial charge in [0.2, 0.25) is 11.8 Å². The van der Waals surface area contributed by atoms with Crippen molar-refractivity contribution in [1.29, 1.82) is 0 Å². The molecule has 8 nitrogen and oxygen atoms in total. The van der Waals surface area contributed by atoms with Gasteiger partial charge in [0.1, 0.15) is 0 Å². The zero-order chi connectivity index (χ0) is 22.4. The highest BCUT2D eigenvalue weighted by Gasteiger charge is 2.22. The lowest BCUT2D eigenvalue weighted by molar-refractivity contribution is -0.125. The second-order valence-corrected chi connectivity index (χ2v) is 9.15. The Kier molecular flexibility index (Phi) is 7.46. The fourth-order valence-corrected chi connectivity index (χ4v) is 3.67. The van der Waals surface area contributed by atoms with Gasteiger partial charge in [-0.15, -0.1) is 0 Å². The van der Waals surface area contributed by atoms with Crippen molar-refractivity contribution in [2.45, 2.75) is 39.8 Å². The summed E-state index contributed by atoms with van der Waals surface area (Å²) in [5, 5.41) is 10.6. The first-order chi connectivity index (χ1) is 14.7. The zero-order valence-corrected chi connectivity index (χ0v) is 19.0. The molecular weight excluding hydrogens is 392 g/mol. The summed E-state index contributed by atoms with van der Waals surface area (Å²) in [6.07, 6.45) is 0. The number of aromatic nitrogens is 2. The van der Waals surface area contributed by atoms with Crippen LogP contribution in [0.3, 0.4) is 0 Å². The van der Waals surface area contributed by atoms with Crippen molar-refractivity contribution in [3.63, 3.8) is 0 Å². The van der Waals surface area contributed by atoms with E-state index in [9.17, 15) is 9.59 Å². The van der Waals surface area contributed by atoms with Crippen LogP contribution in [0.15, 0.2) is 36.4 Å². The Morgan fingerprint density at radius 3 is 2.13 bits per heavy atom. The highest BCUT2D eigenvalue weighted by molar-refractivity contribution is 5.79. The van der Waals surface area contributed by atoms with Gasteiger partial charge in [-0.3, -0.25) is 19.4 Å². The van der Waals surface area contributed by atoms with Crippen LogP contribution in [0.2, 0.25) is 0 Å². The van der Waals surface area contributed by atoms with Gasteiger partial charge in [0.25, 0.3) is 0 Å². The predicted octanol–water partition coefficient (Wildman–Crippen LogP) is 1.33. The van der Waals surface area contributed by atoms with E-state index >= 15 is 0 Å². The molecule has 168 valence electrons. The lowest BCUT2D eigenvalue weighted by atomic mass is 10.1. The maximum Gasteiger partial charge on any atom is 0.234 e. The van der Waals surface area contributed by atoms with Gasteiger partial charge >= 0.3 is 0 Å². The summed E-state index contributed by atoms with van der Waals surface area (Å²) in [7, 11) is 0. The van der Waals surface area contributed by atoms with Crippen LogP contribution in [0.4, 0.5) is 0 Å². The van der Waals surface area contributed by atoms with Gasteiger partial charge in [-0.25, -0.2) is 4.68 Å². The van der Waals surface area contributed by atoms with E-state index in [0.717, 1.165) is 43.3 Å². The molecule has 2 heterocycles. The number of aryl methyl sites for hydroxylation is 1. The summed E-state index contributed by atoms with van der Waals surface area (Å²) in [4.78, 5) is 28.7. The molecule has 0 unspecified atom stereocenters. The van der Waals surface area contributed by atoms with E-state index in [1.54, 1.807) is 0 Å². The van der Waals surface area contributed by atoms with Crippen LogP contribution >= 0.6 is 0 Å². The van der Waals surface area contributed by atoms with E-state index in [-0.39, 0.29) is 17.4 Å². The number of nitrogens with one attached hydrogen (secondary N) is 2. The predicted molar refractivity (Wildman–Crippen MR) is 121 cm³/mol. The molecule has 1 saturated heterocycles. The molecule has 0 saturated carbocycles. The Balaban J connectivity index is 1.40. The Hall–Kier alpha value is -2.71. The Labute approximate surface area is 184 Å². The van der Waals surface area contributed by atoms with E-state index in [1.165, 1.54) is 0 Å². The summed E-state index contributed by atoms with van der Waals surface area (Å²) in [6.45, 7) is 12.2. The summed E-state index contributed by atoms with van der Waals surface area (Å²) < 4.78 is 1.89. The molecule has 3 rings (SSSR count). The fraction of sp³-hybridized carbons (Fsp3) is 0.522. The maximum absolute atomic E-state index is 12.4. The highest BCUT2D eigenvalue weighted by Crippen LogP contribution is 2.11. The molecule has 0 aliphatic carbocycles. The lowest BCUT2D eigenvalue weighted by Gasteiger charge is -2.34. The molecule has 8 heteroatoms. The number of amides is 2. The van der Waals surface area contributed by atoms with Crippen LogP contribution in [-0.4, -0.2) is 76.2 Å². The minimum absolute atomic E-state index is 0.00848. The number of para-hydroxylation sites is 1. The van der Waals surface area contributed by atoms with Crippen LogP contribution in [0.5, 0.6) is 0 Å². The zero-order valence-electron chi connectivity index (χ0n) is 19.0. The Morgan fingerprint density at radius 1 is 0.968 bits per heavy atom. The largest absolute Gasteiger partial charge is 0.350 e. The smallest absolute Gasteiger partial charge is 0.234 e. The minimum Gasteiger partial charge on any atom is -0.350 e. The number of hydrogen-bond donors (Lipinski definition) is 2. The molecule has 2 N–H and O–H groups in total. The summed E-state index contributed by atoms with van der Waals surface area (Å²) in [5.41, 5.74) is 2.66. The second kappa shape index (κ2) is 10.1. The summed E-state index contributed by atoms with van der Waals surface area (Å²) in [6, 6.07) is 11.9. The van der Waals surface area contributed by atoms with Crippen molar-refractivity contribution in [3.05, 3.63) is 47.8 Å². The average molecular weight is 427 g/mol. The lowest BCUT2D eigenvalue weighted by Crippen LogP contribution is -2.53. The summed E-state index contributed by atoms with van der Waals surface area (Å²) >= 11 is 0. The van der Waals surface area contributed by atoms with Gasteiger partial charge in [0.15, 0.2) is 0 Å². The monoisotopic (exact) mass is 426 g/mol. The van der Waals surface area contributed by atoms with Crippen LogP contribution in [0, 0.1) is 6.92 Å². The minimum atomic E-state index is -0.216. The Bertz CT molecular complexity index is 879. The molecule has 2 amide bonds. The Morgan fingerprint density at radius 2 is 1.55 bits per heavy atom. The molecule has 0 radical (unpaired) electrons. The standard InChI is InChI=1S/C23H34N6O2/c1-18-14-19(26-29(18)20-8-6-5-7-9-20)15-24-21(30)16-27-10-12-28(13-11-27)17-22(31)25-23(2,3)4/h5-9,14H,10-13,15-17H2,1-4H3,(H,24,30)(H,25,31). The van der Waals surface area contributed by atoms with Gasteiger partial charge in [-0.05, 0) is 45.9 Å². The third kappa shape index (κ3) is 7.18. The molecule has 1 aliphatic heterocycles. The normalized spacial score (nSPS) is 15.6. The van der Waals surface area contributed by atoms with E-state index in [1.807, 2.05) is 68.8 Å². The van der Waals surface area contributed by atoms with Crippen LogP contribution in [0.1, 0.15) is 32.2 Å². The van der Waals surface area contributed by atoms with Gasteiger partial charge < -0.3 is 10.6 Å². The fourth-order valence-electron chi connectivity index (χ4n) is 3.67. The first-order valence-electron chi connectivity index (χ1n) is 10.8. The molecular formula is C23H34N6O2. The molecule has 1 fully saturated rings. The van der Waals surface area contributed by atoms with Crippen molar-refractivity contribution >= 4 is 11.8 Å². The number of hydrogen-bond acceptors (Lipinski definition) is 5. The van der Waals surface area contributed by atoms with Crippen LogP contribution < -0.4 is 10.6 Å². The number of carbonyl (C=O) groups excluding carboxylic acids is 2. The van der Waals surface area contributed by atoms with Crippen LogP contribution in [-0.2, 0) is 16.1 Å². The van der Waals surface area contributed by atoms with Crippen molar-refractivity contribution in [3.8, 4) is 5.69 Å². The molecule has 1 aromatic heterocycles. The molecule has 0 atom stereocenters. The number of rotatable bonds is 7. The SMILES string of the molecule is Cc1cc(CNC(=O)CN2CCN(CC(=O)NC(C)(C)C)CC2)nn1-c1ccccc1. The van der Waals surface area contributed by atoms with E-state index in [2.05, 4.69) is 25.5 Å². The van der Waals surface area contributed by atoms with Crippen molar-refractivity contribution in [2.75, 3.05) is 39.3 Å². The topological polar surface area (TPSA) is 82.5 Å². The molecule has 31 heavy (non-hydrogen) atoms. The molecule has 2 aromatic rings. The van der Waals surface area contributed by atoms with Crippen molar-refractivity contribution < 1.29 is 9.59 Å². The molecule has 0 bridgehead atoms. The second-order valence-electron chi connectivity index (χ2n) is 9.15. The van der Waals surface area contributed by atoms with Gasteiger partial charge in [0.05, 0.1) is 31.0 Å². The van der Waals surface area contributed by atoms with Gasteiger partial charge in [-0.2, -0.15) is 5.10 Å². The first kappa shape index (κ1) is 23.0. The van der Waals surface area contributed by atoms with Gasteiger partial charge in [0, 0.05) is 37.4 Å². The first-order valence-corrected chi connectivity index (χ1v) is 10.8. The van der Waals surface area contributed by atoms with Crippen molar-refractivity contribution in [2.24, 2.45) is 0 Å². The number of benzene rings is 1. The number of piperazine rings is 1. The summed E-state index contributed by atoms with van der Waals surface area (Å²) in [5.74, 6) is 0.0368. The van der Waals surface area contributed by atoms with Crippen LogP contribution in [0.25, 0.3) is 5.69 Å². The third-order valence-corrected chi connectivity index (χ3v) is 5.12. The molecule has 1 aromatic carbocycles. The van der Waals surface area contributed by atoms with Crippen molar-refractivity contribution in [1.82, 2.24) is 30.2 Å². The number of nitrogens with zero attached hydrogens (tertiary/aromatic N) is 4. The third-order valence-electron chi connectivity index (χ3n) is 5.12. The van der Waals surface area contributed by atoms with E-state index in [0.29, 0.717) is 19.6 Å². The molecule has 0 spiro atoms. The average Bonchev–Trinajstić information content (AvgIpc) is 3.08. The quantitative estimate of drug-likeness (QED) is 0.698. The van der Waals surface area contributed by atoms with E-state index in [4.69, 9.17) is 0 Å². The highest BCUT2D eigenvalue weighted by atomic mass is 16.2. The maximum atomic E-state index is 12.4. The molecule has 1 aliphatic rings. The van der Waals surface area contributed by atoms with Gasteiger partial charge in [-0.1, -0.05) is 18.2 Å². The van der Waals surface area contributed by atoms with E-state index < -0.39 is 0 Å². The number of carbonyl (C=O) groups is 2.